The fraction of sp³-hybridized carbons (Fsp3) is 0.308. The summed E-state index contributed by atoms with van der Waals surface area (Å²) in [5.74, 6) is 1.57. The lowest BCUT2D eigenvalue weighted by Crippen LogP contribution is -2.57. The van der Waals surface area contributed by atoms with Crippen molar-refractivity contribution < 1.29 is 9.13 Å². The van der Waals surface area contributed by atoms with E-state index in [0.717, 1.165) is 53.6 Å². The zero-order valence-corrected chi connectivity index (χ0v) is 19.2. The van der Waals surface area contributed by atoms with Crippen molar-refractivity contribution in [3.05, 3.63) is 77.6 Å². The summed E-state index contributed by atoms with van der Waals surface area (Å²) in [6, 6.07) is 13.1. The fourth-order valence-electron chi connectivity index (χ4n) is 4.61. The van der Waals surface area contributed by atoms with E-state index in [1.165, 1.54) is 17.7 Å². The Hall–Kier alpha value is -3.61. The summed E-state index contributed by atoms with van der Waals surface area (Å²) in [5.41, 5.74) is 5.17. The number of methoxy groups -OCH3 is 1. The molecule has 1 fully saturated rings. The van der Waals surface area contributed by atoms with Gasteiger partial charge in [0.15, 0.2) is 0 Å². The normalized spacial score (nSPS) is 19.5. The molecule has 0 spiro atoms. The number of imidazole rings is 1. The van der Waals surface area contributed by atoms with Gasteiger partial charge in [-0.25, -0.2) is 9.37 Å². The number of hydrogen-bond donors (Lipinski definition) is 0. The molecule has 0 bridgehead atoms. The summed E-state index contributed by atoms with van der Waals surface area (Å²) in [7, 11) is 1.69. The van der Waals surface area contributed by atoms with Crippen LogP contribution in [-0.4, -0.2) is 46.6 Å². The van der Waals surface area contributed by atoms with Gasteiger partial charge in [-0.15, -0.1) is 0 Å². The third-order valence-electron chi connectivity index (χ3n) is 6.16. The van der Waals surface area contributed by atoms with Crippen LogP contribution in [0.1, 0.15) is 31.0 Å². The van der Waals surface area contributed by atoms with E-state index < -0.39 is 0 Å². The van der Waals surface area contributed by atoms with Crippen molar-refractivity contribution in [1.82, 2.24) is 14.6 Å². The maximum atomic E-state index is 13.5. The standard InChI is InChI=1S/C26H28FN5O/c1-18-16-30(17-29-18)24-11-6-20(14-25(24)33-3)13-21-5-4-12-31-26(21)28-15-19(2)32(31)23-9-7-22(27)8-10-23/h6-11,13-14,16-17,19H,4-5,12,15H2,1-3H3/b21-13+. The highest BCUT2D eigenvalue weighted by atomic mass is 19.1. The Kier molecular flexibility index (Phi) is 5.62. The summed E-state index contributed by atoms with van der Waals surface area (Å²) >= 11 is 0. The van der Waals surface area contributed by atoms with E-state index in [1.54, 1.807) is 13.4 Å². The molecule has 2 aromatic carbocycles. The van der Waals surface area contributed by atoms with Gasteiger partial charge in [0.2, 0.25) is 0 Å². The number of ether oxygens (including phenoxy) is 1. The summed E-state index contributed by atoms with van der Waals surface area (Å²) in [6.45, 7) is 5.71. The lowest BCUT2D eigenvalue weighted by Gasteiger charge is -2.47. The van der Waals surface area contributed by atoms with E-state index in [0.29, 0.717) is 6.54 Å². The molecule has 0 aliphatic carbocycles. The maximum Gasteiger partial charge on any atom is 0.145 e. The largest absolute Gasteiger partial charge is 0.495 e. The second kappa shape index (κ2) is 8.73. The molecule has 33 heavy (non-hydrogen) atoms. The van der Waals surface area contributed by atoms with Crippen molar-refractivity contribution in [2.75, 3.05) is 25.2 Å². The molecule has 2 aliphatic rings. The number of hydrogen-bond acceptors (Lipinski definition) is 5. The van der Waals surface area contributed by atoms with Crippen molar-refractivity contribution in [3.8, 4) is 11.4 Å². The van der Waals surface area contributed by atoms with Crippen LogP contribution in [0.4, 0.5) is 10.1 Å². The summed E-state index contributed by atoms with van der Waals surface area (Å²) in [6.07, 6.45) is 7.98. The molecule has 3 heterocycles. The van der Waals surface area contributed by atoms with E-state index in [-0.39, 0.29) is 11.9 Å². The van der Waals surface area contributed by atoms with Gasteiger partial charge in [0.1, 0.15) is 17.4 Å². The SMILES string of the molecule is COc1cc(/C=C2\CCCN3C2=NCC(C)N3c2ccc(F)cc2)ccc1-n1cnc(C)c1. The van der Waals surface area contributed by atoms with Crippen molar-refractivity contribution in [3.63, 3.8) is 0 Å². The number of fused-ring (bicyclic) bond motifs is 1. The van der Waals surface area contributed by atoms with Crippen LogP contribution in [0, 0.1) is 12.7 Å². The number of nitrogens with zero attached hydrogens (tertiary/aromatic N) is 5. The first-order valence-electron chi connectivity index (χ1n) is 11.3. The molecule has 2 aliphatic heterocycles. The highest BCUT2D eigenvalue weighted by Crippen LogP contribution is 2.32. The van der Waals surface area contributed by atoms with E-state index in [2.05, 4.69) is 46.2 Å². The van der Waals surface area contributed by atoms with Gasteiger partial charge in [0.25, 0.3) is 0 Å². The Labute approximate surface area is 193 Å². The number of amidine groups is 1. The molecule has 0 saturated carbocycles. The first-order chi connectivity index (χ1) is 16.0. The van der Waals surface area contributed by atoms with E-state index in [1.807, 2.05) is 29.8 Å². The quantitative estimate of drug-likeness (QED) is 0.565. The number of anilines is 1. The predicted octanol–water partition coefficient (Wildman–Crippen LogP) is 5.03. The summed E-state index contributed by atoms with van der Waals surface area (Å²) in [5, 5.41) is 4.50. The Morgan fingerprint density at radius 2 is 1.97 bits per heavy atom. The Morgan fingerprint density at radius 1 is 1.15 bits per heavy atom. The van der Waals surface area contributed by atoms with Crippen molar-refractivity contribution in [2.24, 2.45) is 4.99 Å². The fourth-order valence-corrected chi connectivity index (χ4v) is 4.61. The summed E-state index contributed by atoms with van der Waals surface area (Å²) in [4.78, 5) is 9.25. The molecule has 7 heteroatoms. The van der Waals surface area contributed by atoms with Crippen LogP contribution in [-0.2, 0) is 0 Å². The Bertz CT molecular complexity index is 1210. The molecule has 170 valence electrons. The number of piperidine rings is 1. The number of rotatable bonds is 4. The minimum absolute atomic E-state index is 0.205. The van der Waals surface area contributed by atoms with Crippen LogP contribution >= 0.6 is 0 Å². The van der Waals surface area contributed by atoms with Gasteiger partial charge in [0.05, 0.1) is 43.1 Å². The van der Waals surface area contributed by atoms with Crippen LogP contribution in [0.15, 0.2) is 65.6 Å². The van der Waals surface area contributed by atoms with Crippen molar-refractivity contribution in [1.29, 1.82) is 0 Å². The first kappa shape index (κ1) is 21.2. The number of aliphatic imine (C=N–C) groups is 1. The van der Waals surface area contributed by atoms with Crippen molar-refractivity contribution in [2.45, 2.75) is 32.7 Å². The predicted molar refractivity (Wildman–Crippen MR) is 129 cm³/mol. The lowest BCUT2D eigenvalue weighted by molar-refractivity contribution is 0.312. The van der Waals surface area contributed by atoms with Crippen molar-refractivity contribution >= 4 is 17.6 Å². The number of aryl methyl sites for hydroxylation is 1. The van der Waals surface area contributed by atoms with Gasteiger partial charge in [-0.3, -0.25) is 15.0 Å². The molecular formula is C26H28FN5O. The molecule has 1 aromatic heterocycles. The number of hydrazine groups is 1. The molecule has 0 radical (unpaired) electrons. The van der Waals surface area contributed by atoms with Gasteiger partial charge in [-0.1, -0.05) is 6.07 Å². The molecule has 3 aromatic rings. The number of aromatic nitrogens is 2. The molecule has 1 saturated heterocycles. The molecule has 1 unspecified atom stereocenters. The van der Waals surface area contributed by atoms with Crippen LogP contribution in [0.5, 0.6) is 5.75 Å². The Balaban J connectivity index is 1.47. The molecule has 1 atom stereocenters. The smallest absolute Gasteiger partial charge is 0.145 e. The molecule has 6 nitrogen and oxygen atoms in total. The Morgan fingerprint density at radius 3 is 2.70 bits per heavy atom. The molecule has 0 amide bonds. The lowest BCUT2D eigenvalue weighted by atomic mass is 9.99. The van der Waals surface area contributed by atoms with Gasteiger partial charge < -0.3 is 9.30 Å². The molecule has 5 rings (SSSR count). The second-order valence-electron chi connectivity index (χ2n) is 8.58. The summed E-state index contributed by atoms with van der Waals surface area (Å²) < 4.78 is 21.2. The number of halogens is 1. The van der Waals surface area contributed by atoms with E-state index in [9.17, 15) is 4.39 Å². The van der Waals surface area contributed by atoms with Crippen LogP contribution in [0.2, 0.25) is 0 Å². The third kappa shape index (κ3) is 4.11. The maximum absolute atomic E-state index is 13.5. The van der Waals surface area contributed by atoms with Gasteiger partial charge in [-0.05, 0) is 80.3 Å². The minimum Gasteiger partial charge on any atom is -0.495 e. The van der Waals surface area contributed by atoms with Crippen LogP contribution < -0.4 is 9.75 Å². The van der Waals surface area contributed by atoms with Gasteiger partial charge in [-0.2, -0.15) is 0 Å². The monoisotopic (exact) mass is 445 g/mol. The zero-order chi connectivity index (χ0) is 22.9. The minimum atomic E-state index is -0.222. The average molecular weight is 446 g/mol. The van der Waals surface area contributed by atoms with Crippen LogP contribution in [0.3, 0.4) is 0 Å². The van der Waals surface area contributed by atoms with E-state index >= 15 is 0 Å². The topological polar surface area (TPSA) is 45.9 Å². The van der Waals surface area contributed by atoms with E-state index in [4.69, 9.17) is 9.73 Å². The second-order valence-corrected chi connectivity index (χ2v) is 8.58. The van der Waals surface area contributed by atoms with Crippen LogP contribution in [0.25, 0.3) is 11.8 Å². The molecular weight excluding hydrogens is 417 g/mol. The van der Waals surface area contributed by atoms with Gasteiger partial charge in [0, 0.05) is 12.7 Å². The average Bonchev–Trinajstić information content (AvgIpc) is 3.26. The highest BCUT2D eigenvalue weighted by molar-refractivity contribution is 6.04. The highest BCUT2D eigenvalue weighted by Gasteiger charge is 2.33. The van der Waals surface area contributed by atoms with Gasteiger partial charge >= 0.3 is 0 Å². The number of benzene rings is 2. The molecule has 0 N–H and O–H groups in total. The third-order valence-corrected chi connectivity index (χ3v) is 6.16. The zero-order valence-electron chi connectivity index (χ0n) is 19.2. The first-order valence-corrected chi connectivity index (χ1v) is 11.3.